The molecule has 0 radical (unpaired) electrons. The maximum Gasteiger partial charge on any atom is 0.152 e. The first-order valence-corrected chi connectivity index (χ1v) is 3.80. The SMILES string of the molecule is CC.OCC1OCC(F)C1O. The maximum atomic E-state index is 12.3. The van der Waals surface area contributed by atoms with Crippen molar-refractivity contribution in [2.45, 2.75) is 32.2 Å². The molecule has 3 unspecified atom stereocenters. The van der Waals surface area contributed by atoms with E-state index in [0.29, 0.717) is 0 Å². The first-order chi connectivity index (χ1) is 5.25. The molecule has 1 rings (SSSR count). The summed E-state index contributed by atoms with van der Waals surface area (Å²) in [4.78, 5) is 0. The van der Waals surface area contributed by atoms with E-state index in [9.17, 15) is 4.39 Å². The quantitative estimate of drug-likeness (QED) is 0.581. The predicted molar refractivity (Wildman–Crippen MR) is 39.1 cm³/mol. The van der Waals surface area contributed by atoms with Gasteiger partial charge < -0.3 is 14.9 Å². The lowest BCUT2D eigenvalue weighted by atomic mass is 10.2. The minimum Gasteiger partial charge on any atom is -0.394 e. The van der Waals surface area contributed by atoms with Crippen LogP contribution in [0.5, 0.6) is 0 Å². The van der Waals surface area contributed by atoms with E-state index in [0.717, 1.165) is 0 Å². The minimum absolute atomic E-state index is 0.105. The largest absolute Gasteiger partial charge is 0.394 e. The van der Waals surface area contributed by atoms with Gasteiger partial charge in [0.15, 0.2) is 6.17 Å². The van der Waals surface area contributed by atoms with Crippen molar-refractivity contribution in [3.63, 3.8) is 0 Å². The number of alkyl halides is 1. The Balaban J connectivity index is 0.000000461. The molecule has 0 aromatic rings. The third-order valence-electron chi connectivity index (χ3n) is 1.40. The van der Waals surface area contributed by atoms with Gasteiger partial charge in [0.25, 0.3) is 0 Å². The van der Waals surface area contributed by atoms with Crippen LogP contribution in [0.1, 0.15) is 13.8 Å². The Morgan fingerprint density at radius 3 is 2.27 bits per heavy atom. The second kappa shape index (κ2) is 5.46. The van der Waals surface area contributed by atoms with Gasteiger partial charge in [0.1, 0.15) is 12.2 Å². The van der Waals surface area contributed by atoms with Gasteiger partial charge in [-0.1, -0.05) is 13.8 Å². The van der Waals surface area contributed by atoms with E-state index in [1.165, 1.54) is 0 Å². The second-order valence-corrected chi connectivity index (χ2v) is 2.06. The number of rotatable bonds is 1. The Morgan fingerprint density at radius 1 is 1.55 bits per heavy atom. The molecule has 0 saturated carbocycles. The van der Waals surface area contributed by atoms with E-state index in [2.05, 4.69) is 4.74 Å². The van der Waals surface area contributed by atoms with Crippen molar-refractivity contribution >= 4 is 0 Å². The molecule has 11 heavy (non-hydrogen) atoms. The topological polar surface area (TPSA) is 49.7 Å². The number of aliphatic hydroxyl groups excluding tert-OH is 2. The van der Waals surface area contributed by atoms with Crippen molar-refractivity contribution < 1.29 is 19.3 Å². The molecule has 0 spiro atoms. The lowest BCUT2D eigenvalue weighted by Gasteiger charge is -2.09. The van der Waals surface area contributed by atoms with Crippen molar-refractivity contribution in [1.29, 1.82) is 0 Å². The van der Waals surface area contributed by atoms with Crippen LogP contribution in [0, 0.1) is 0 Å². The summed E-state index contributed by atoms with van der Waals surface area (Å²) in [5.74, 6) is 0. The zero-order valence-electron chi connectivity index (χ0n) is 6.83. The normalized spacial score (nSPS) is 36.3. The summed E-state index contributed by atoms with van der Waals surface area (Å²) in [6.07, 6.45) is -3.20. The molecule has 0 amide bonds. The van der Waals surface area contributed by atoms with Crippen molar-refractivity contribution in [2.75, 3.05) is 13.2 Å². The van der Waals surface area contributed by atoms with Gasteiger partial charge in [0.05, 0.1) is 13.2 Å². The van der Waals surface area contributed by atoms with Crippen LogP contribution in [0.25, 0.3) is 0 Å². The molecule has 3 atom stereocenters. The monoisotopic (exact) mass is 166 g/mol. The maximum absolute atomic E-state index is 12.3. The molecule has 0 aromatic heterocycles. The molecule has 0 aromatic carbocycles. The number of aliphatic hydroxyl groups is 2. The second-order valence-electron chi connectivity index (χ2n) is 2.06. The van der Waals surface area contributed by atoms with Gasteiger partial charge in [-0.05, 0) is 0 Å². The fourth-order valence-electron chi connectivity index (χ4n) is 0.806. The van der Waals surface area contributed by atoms with E-state index >= 15 is 0 Å². The molecule has 1 saturated heterocycles. The van der Waals surface area contributed by atoms with E-state index in [4.69, 9.17) is 10.2 Å². The Labute approximate surface area is 65.8 Å². The van der Waals surface area contributed by atoms with Crippen LogP contribution in [-0.4, -0.2) is 41.8 Å². The van der Waals surface area contributed by atoms with E-state index in [1.807, 2.05) is 13.8 Å². The highest BCUT2D eigenvalue weighted by atomic mass is 19.1. The zero-order chi connectivity index (χ0) is 8.85. The molecule has 0 aliphatic carbocycles. The van der Waals surface area contributed by atoms with Crippen LogP contribution < -0.4 is 0 Å². The number of hydrogen-bond acceptors (Lipinski definition) is 3. The molecule has 1 aliphatic heterocycles. The summed E-state index contributed by atoms with van der Waals surface area (Å²) in [5.41, 5.74) is 0. The summed E-state index contributed by atoms with van der Waals surface area (Å²) in [6.45, 7) is 3.58. The Morgan fingerprint density at radius 2 is 2.09 bits per heavy atom. The van der Waals surface area contributed by atoms with Crippen molar-refractivity contribution in [2.24, 2.45) is 0 Å². The first-order valence-electron chi connectivity index (χ1n) is 3.80. The molecular weight excluding hydrogens is 151 g/mol. The number of halogens is 1. The van der Waals surface area contributed by atoms with E-state index in [1.54, 1.807) is 0 Å². The average Bonchev–Trinajstić information content (AvgIpc) is 2.37. The molecular formula is C7H15FO3. The zero-order valence-corrected chi connectivity index (χ0v) is 6.83. The summed E-state index contributed by atoms with van der Waals surface area (Å²) < 4.78 is 16.9. The average molecular weight is 166 g/mol. The third-order valence-corrected chi connectivity index (χ3v) is 1.40. The van der Waals surface area contributed by atoms with Crippen LogP contribution in [0.3, 0.4) is 0 Å². The molecule has 3 nitrogen and oxygen atoms in total. The number of ether oxygens (including phenoxy) is 1. The van der Waals surface area contributed by atoms with Crippen LogP contribution in [-0.2, 0) is 4.74 Å². The van der Waals surface area contributed by atoms with E-state index < -0.39 is 18.4 Å². The van der Waals surface area contributed by atoms with Crippen LogP contribution in [0.15, 0.2) is 0 Å². The van der Waals surface area contributed by atoms with Gasteiger partial charge in [0.2, 0.25) is 0 Å². The summed E-state index contributed by atoms with van der Waals surface area (Å²) >= 11 is 0. The number of hydrogen-bond donors (Lipinski definition) is 2. The van der Waals surface area contributed by atoms with Gasteiger partial charge in [-0.3, -0.25) is 0 Å². The van der Waals surface area contributed by atoms with Crippen molar-refractivity contribution in [3.05, 3.63) is 0 Å². The van der Waals surface area contributed by atoms with Crippen molar-refractivity contribution in [1.82, 2.24) is 0 Å². The molecule has 1 aliphatic rings. The smallest absolute Gasteiger partial charge is 0.152 e. The van der Waals surface area contributed by atoms with Gasteiger partial charge in [-0.2, -0.15) is 0 Å². The van der Waals surface area contributed by atoms with Gasteiger partial charge in [-0.25, -0.2) is 4.39 Å². The highest BCUT2D eigenvalue weighted by Gasteiger charge is 2.35. The molecule has 1 heterocycles. The van der Waals surface area contributed by atoms with Crippen molar-refractivity contribution in [3.8, 4) is 0 Å². The summed E-state index contributed by atoms with van der Waals surface area (Å²) in [7, 11) is 0. The fraction of sp³-hybridized carbons (Fsp3) is 1.00. The molecule has 1 fully saturated rings. The molecule has 2 N–H and O–H groups in total. The summed E-state index contributed by atoms with van der Waals surface area (Å²) in [6, 6.07) is 0. The van der Waals surface area contributed by atoms with Gasteiger partial charge in [-0.15, -0.1) is 0 Å². The fourth-order valence-corrected chi connectivity index (χ4v) is 0.806. The standard InChI is InChI=1S/C5H9FO3.C2H6/c6-3-2-9-4(1-7)5(3)8;1-2/h3-5,7-8H,1-2H2;1-2H3. The lowest BCUT2D eigenvalue weighted by Crippen LogP contribution is -2.29. The summed E-state index contributed by atoms with van der Waals surface area (Å²) in [5, 5.41) is 17.2. The van der Waals surface area contributed by atoms with Crippen LogP contribution in [0.2, 0.25) is 0 Å². The Hall–Kier alpha value is -0.190. The predicted octanol–water partition coefficient (Wildman–Crippen LogP) is 0.103. The Kier molecular flexibility index (Phi) is 5.36. The Bertz CT molecular complexity index is 99.7. The third kappa shape index (κ3) is 2.73. The van der Waals surface area contributed by atoms with Gasteiger partial charge >= 0.3 is 0 Å². The minimum atomic E-state index is -1.33. The molecule has 0 bridgehead atoms. The first kappa shape index (κ1) is 10.8. The van der Waals surface area contributed by atoms with Gasteiger partial charge in [0, 0.05) is 0 Å². The van der Waals surface area contributed by atoms with Crippen LogP contribution in [0.4, 0.5) is 4.39 Å². The molecule has 68 valence electrons. The van der Waals surface area contributed by atoms with Crippen LogP contribution >= 0.6 is 0 Å². The lowest BCUT2D eigenvalue weighted by molar-refractivity contribution is 0.000304. The highest BCUT2D eigenvalue weighted by Crippen LogP contribution is 2.15. The van der Waals surface area contributed by atoms with E-state index in [-0.39, 0.29) is 13.2 Å². The molecule has 4 heteroatoms. The highest BCUT2D eigenvalue weighted by molar-refractivity contribution is 4.82.